The monoisotopic (exact) mass is 575 g/mol. The van der Waals surface area contributed by atoms with Gasteiger partial charge in [-0.2, -0.15) is 0 Å². The van der Waals surface area contributed by atoms with Crippen LogP contribution in [0.15, 0.2) is 54.9 Å². The molecule has 2 saturated heterocycles. The van der Waals surface area contributed by atoms with Crippen LogP contribution in [-0.4, -0.2) is 93.3 Å². The molecule has 2 atom stereocenters. The summed E-state index contributed by atoms with van der Waals surface area (Å²) in [4.78, 5) is 64.4. The number of nitrogens with two attached hydrogens (primary N) is 1. The minimum Gasteiger partial charge on any atom is -0.445 e. The molecule has 2 aliphatic rings. The van der Waals surface area contributed by atoms with E-state index in [0.29, 0.717) is 0 Å². The van der Waals surface area contributed by atoms with E-state index in [-0.39, 0.29) is 51.5 Å². The molecule has 2 fully saturated rings. The number of ether oxygens (including phenoxy) is 1. The van der Waals surface area contributed by atoms with Gasteiger partial charge in [-0.05, 0) is 37.0 Å². The Morgan fingerprint density at radius 1 is 1.05 bits per heavy atom. The highest BCUT2D eigenvalue weighted by atomic mass is 16.6. The summed E-state index contributed by atoms with van der Waals surface area (Å²) in [5.74, 6) is -0.844. The van der Waals surface area contributed by atoms with Crippen LogP contribution in [0.25, 0.3) is 10.9 Å². The molecule has 4 heterocycles. The standard InChI is InChI=1S/C30H37N7O5/c31-24(8-9-27(38)35-12-4-5-13-35)29(40)37-15-14-36(30(41)42-20-21-6-2-1-3-7-21)19-26(37)28(39)33-17-23-16-22-10-11-32-18-25(22)34-23/h1-3,6-7,10-11,16,18,24,26,34H,4-5,8-9,12-15,17,19-20,31H2,(H,33,39). The summed E-state index contributed by atoms with van der Waals surface area (Å²) in [5.41, 5.74) is 8.73. The predicted molar refractivity (Wildman–Crippen MR) is 155 cm³/mol. The van der Waals surface area contributed by atoms with Gasteiger partial charge in [0.2, 0.25) is 17.7 Å². The second-order valence-corrected chi connectivity index (χ2v) is 10.7. The normalized spacial score (nSPS) is 17.7. The van der Waals surface area contributed by atoms with Crippen molar-refractivity contribution >= 4 is 34.7 Å². The third-order valence-corrected chi connectivity index (χ3v) is 7.81. The Bertz CT molecular complexity index is 1370. The van der Waals surface area contributed by atoms with Crippen molar-refractivity contribution in [2.24, 2.45) is 5.73 Å². The lowest BCUT2D eigenvalue weighted by Crippen LogP contribution is -2.63. The van der Waals surface area contributed by atoms with Crippen molar-refractivity contribution in [1.29, 1.82) is 0 Å². The quantitative estimate of drug-likeness (QED) is 0.351. The Morgan fingerprint density at radius 3 is 2.60 bits per heavy atom. The molecule has 5 rings (SSSR count). The van der Waals surface area contributed by atoms with E-state index in [9.17, 15) is 19.2 Å². The van der Waals surface area contributed by atoms with Crippen LogP contribution in [0.3, 0.4) is 0 Å². The number of likely N-dealkylation sites (tertiary alicyclic amines) is 1. The lowest BCUT2D eigenvalue weighted by molar-refractivity contribution is -0.145. The topological polar surface area (TPSA) is 154 Å². The van der Waals surface area contributed by atoms with Crippen molar-refractivity contribution in [3.63, 3.8) is 0 Å². The van der Waals surface area contributed by atoms with E-state index in [1.807, 2.05) is 42.5 Å². The molecule has 12 nitrogen and oxygen atoms in total. The molecule has 4 N–H and O–H groups in total. The number of piperazine rings is 1. The van der Waals surface area contributed by atoms with Crippen molar-refractivity contribution in [2.45, 2.75) is 50.9 Å². The van der Waals surface area contributed by atoms with Gasteiger partial charge in [-0.3, -0.25) is 19.4 Å². The first-order valence-corrected chi connectivity index (χ1v) is 14.4. The first kappa shape index (κ1) is 29.1. The van der Waals surface area contributed by atoms with Crippen LogP contribution in [0.4, 0.5) is 4.79 Å². The lowest BCUT2D eigenvalue weighted by atomic mass is 10.1. The second kappa shape index (κ2) is 13.5. The van der Waals surface area contributed by atoms with Gasteiger partial charge in [0, 0.05) is 49.9 Å². The molecule has 0 radical (unpaired) electrons. The number of pyridine rings is 1. The predicted octanol–water partition coefficient (Wildman–Crippen LogP) is 1.76. The number of benzene rings is 1. The lowest BCUT2D eigenvalue weighted by Gasteiger charge is -2.41. The fourth-order valence-electron chi connectivity index (χ4n) is 5.42. The van der Waals surface area contributed by atoms with Crippen LogP contribution in [-0.2, 0) is 32.3 Å². The number of carbonyl (C=O) groups excluding carboxylic acids is 4. The van der Waals surface area contributed by atoms with Crippen LogP contribution < -0.4 is 11.1 Å². The number of aromatic nitrogens is 2. The molecule has 0 spiro atoms. The SMILES string of the molecule is NC(CCC(=O)N1CCCC1)C(=O)N1CCN(C(=O)OCc2ccccc2)CC1C(=O)NCc1cc2ccncc2[nH]1. The molecule has 0 saturated carbocycles. The fraction of sp³-hybridized carbons (Fsp3) is 0.433. The van der Waals surface area contributed by atoms with E-state index in [1.54, 1.807) is 17.3 Å². The Labute approximate surface area is 244 Å². The Balaban J connectivity index is 1.24. The molecule has 1 aromatic carbocycles. The highest BCUT2D eigenvalue weighted by Crippen LogP contribution is 2.18. The van der Waals surface area contributed by atoms with Crippen molar-refractivity contribution < 1.29 is 23.9 Å². The number of hydrogen-bond donors (Lipinski definition) is 3. The van der Waals surface area contributed by atoms with Gasteiger partial charge in [0.05, 0.1) is 30.8 Å². The maximum atomic E-state index is 13.5. The summed E-state index contributed by atoms with van der Waals surface area (Å²) < 4.78 is 5.49. The minimum absolute atomic E-state index is 0.00967. The van der Waals surface area contributed by atoms with Gasteiger partial charge in [0.15, 0.2) is 0 Å². The number of hydrogen-bond acceptors (Lipinski definition) is 7. The number of H-pyrrole nitrogens is 1. The van der Waals surface area contributed by atoms with E-state index >= 15 is 0 Å². The van der Waals surface area contributed by atoms with E-state index < -0.39 is 30.0 Å². The highest BCUT2D eigenvalue weighted by Gasteiger charge is 2.39. The van der Waals surface area contributed by atoms with Crippen LogP contribution in [0.1, 0.15) is 36.9 Å². The van der Waals surface area contributed by atoms with Crippen molar-refractivity contribution in [3.8, 4) is 0 Å². The zero-order valence-electron chi connectivity index (χ0n) is 23.5. The van der Waals surface area contributed by atoms with Gasteiger partial charge in [0.25, 0.3) is 0 Å². The number of aromatic amines is 1. The van der Waals surface area contributed by atoms with Crippen LogP contribution in [0.2, 0.25) is 0 Å². The maximum absolute atomic E-state index is 13.5. The molecular formula is C30H37N7O5. The number of nitrogens with one attached hydrogen (secondary N) is 2. The molecule has 12 heteroatoms. The van der Waals surface area contributed by atoms with Gasteiger partial charge in [-0.1, -0.05) is 30.3 Å². The summed E-state index contributed by atoms with van der Waals surface area (Å²) >= 11 is 0. The average molecular weight is 576 g/mol. The molecular weight excluding hydrogens is 538 g/mol. The molecule has 0 aliphatic carbocycles. The smallest absolute Gasteiger partial charge is 0.410 e. The molecule has 0 bridgehead atoms. The number of nitrogens with zero attached hydrogens (tertiary/aromatic N) is 4. The fourth-order valence-corrected chi connectivity index (χ4v) is 5.42. The van der Waals surface area contributed by atoms with Crippen LogP contribution in [0.5, 0.6) is 0 Å². The first-order chi connectivity index (χ1) is 20.4. The summed E-state index contributed by atoms with van der Waals surface area (Å²) in [6.07, 6.45) is 5.17. The van der Waals surface area contributed by atoms with Gasteiger partial charge in [-0.25, -0.2) is 4.79 Å². The zero-order valence-corrected chi connectivity index (χ0v) is 23.5. The largest absolute Gasteiger partial charge is 0.445 e. The Kier molecular flexibility index (Phi) is 9.32. The van der Waals surface area contributed by atoms with Gasteiger partial charge < -0.3 is 35.5 Å². The zero-order chi connectivity index (χ0) is 29.5. The van der Waals surface area contributed by atoms with E-state index in [0.717, 1.165) is 48.1 Å². The van der Waals surface area contributed by atoms with E-state index in [2.05, 4.69) is 15.3 Å². The maximum Gasteiger partial charge on any atom is 0.410 e. The van der Waals surface area contributed by atoms with Crippen molar-refractivity contribution in [1.82, 2.24) is 30.0 Å². The molecule has 222 valence electrons. The molecule has 2 aromatic heterocycles. The highest BCUT2D eigenvalue weighted by molar-refractivity contribution is 5.91. The average Bonchev–Trinajstić information content (AvgIpc) is 3.71. The Hall–Kier alpha value is -4.45. The van der Waals surface area contributed by atoms with Gasteiger partial charge >= 0.3 is 6.09 Å². The number of amides is 4. The third-order valence-electron chi connectivity index (χ3n) is 7.81. The van der Waals surface area contributed by atoms with Crippen molar-refractivity contribution in [3.05, 3.63) is 66.1 Å². The molecule has 42 heavy (non-hydrogen) atoms. The number of rotatable bonds is 9. The summed E-state index contributed by atoms with van der Waals surface area (Å²) in [6.45, 7) is 2.03. The third kappa shape index (κ3) is 7.06. The van der Waals surface area contributed by atoms with Gasteiger partial charge in [-0.15, -0.1) is 0 Å². The molecule has 3 aromatic rings. The van der Waals surface area contributed by atoms with E-state index in [1.165, 1.54) is 9.80 Å². The van der Waals surface area contributed by atoms with Crippen LogP contribution >= 0.6 is 0 Å². The van der Waals surface area contributed by atoms with Gasteiger partial charge in [0.1, 0.15) is 12.6 Å². The molecule has 4 amide bonds. The van der Waals surface area contributed by atoms with E-state index in [4.69, 9.17) is 10.5 Å². The number of fused-ring (bicyclic) bond motifs is 1. The summed E-state index contributed by atoms with van der Waals surface area (Å²) in [6, 6.07) is 11.2. The molecule has 2 aliphatic heterocycles. The summed E-state index contributed by atoms with van der Waals surface area (Å²) in [7, 11) is 0. The summed E-state index contributed by atoms with van der Waals surface area (Å²) in [5, 5.41) is 3.86. The molecule has 2 unspecified atom stereocenters. The number of carbonyl (C=O) groups is 4. The Morgan fingerprint density at radius 2 is 1.83 bits per heavy atom. The first-order valence-electron chi connectivity index (χ1n) is 14.4. The minimum atomic E-state index is -0.970. The van der Waals surface area contributed by atoms with Crippen molar-refractivity contribution in [2.75, 3.05) is 32.7 Å². The van der Waals surface area contributed by atoms with Crippen LogP contribution in [0, 0.1) is 0 Å². The second-order valence-electron chi connectivity index (χ2n) is 10.7.